The van der Waals surface area contributed by atoms with Gasteiger partial charge in [-0.3, -0.25) is 14.8 Å². The van der Waals surface area contributed by atoms with Crippen LogP contribution in [0.4, 0.5) is 5.69 Å². The predicted molar refractivity (Wildman–Crippen MR) is 122 cm³/mol. The van der Waals surface area contributed by atoms with Gasteiger partial charge in [-0.25, -0.2) is 0 Å². The van der Waals surface area contributed by atoms with Crippen LogP contribution in [0.2, 0.25) is 0 Å². The first kappa shape index (κ1) is 21.3. The lowest BCUT2D eigenvalue weighted by Gasteiger charge is -2.27. The fourth-order valence-electron chi connectivity index (χ4n) is 4.00. The second-order valence-corrected chi connectivity index (χ2v) is 8.61. The molecular weight excluding hydrogens is 392 g/mol. The number of amides is 1. The number of carbonyl (C=O) groups excluding carboxylic acids is 1. The van der Waals surface area contributed by atoms with E-state index in [2.05, 4.69) is 35.0 Å². The van der Waals surface area contributed by atoms with Crippen LogP contribution < -0.4 is 4.90 Å². The number of carbonyl (C=O) groups is 1. The van der Waals surface area contributed by atoms with Gasteiger partial charge in [0.25, 0.3) is 5.91 Å². The lowest BCUT2D eigenvalue weighted by molar-refractivity contribution is 0.0342. The van der Waals surface area contributed by atoms with Crippen molar-refractivity contribution < 1.29 is 14.6 Å². The number of rotatable bonds is 6. The maximum Gasteiger partial charge on any atom is 0.261 e. The number of H-pyrrole nitrogens is 1. The smallest absolute Gasteiger partial charge is 0.261 e. The summed E-state index contributed by atoms with van der Waals surface area (Å²) in [5.41, 5.74) is 3.87. The van der Waals surface area contributed by atoms with Gasteiger partial charge in [0.05, 0.1) is 30.0 Å². The molecule has 4 rings (SSSR count). The molecule has 2 N–H and O–H groups in total. The fraction of sp³-hybridized carbons (Fsp3) is 0.417. The fourth-order valence-corrected chi connectivity index (χ4v) is 4.00. The molecule has 0 unspecified atom stereocenters. The minimum Gasteiger partial charge on any atom is -0.507 e. The number of phenols is 1. The number of fused-ring (bicyclic) bond motifs is 1. The van der Waals surface area contributed by atoms with E-state index in [0.717, 1.165) is 67.1 Å². The summed E-state index contributed by atoms with van der Waals surface area (Å²) < 4.78 is 5.42. The Kier molecular flexibility index (Phi) is 6.25. The van der Waals surface area contributed by atoms with Crippen LogP contribution >= 0.6 is 0 Å². The Hall–Kier alpha value is -2.90. The maximum absolute atomic E-state index is 13.3. The third-order valence-corrected chi connectivity index (χ3v) is 5.70. The Morgan fingerprint density at radius 1 is 1.26 bits per heavy atom. The second kappa shape index (κ2) is 9.08. The summed E-state index contributed by atoms with van der Waals surface area (Å²) in [5, 5.41) is 18.7. The highest BCUT2D eigenvalue weighted by molar-refractivity contribution is 6.09. The first-order valence-electron chi connectivity index (χ1n) is 10.8. The van der Waals surface area contributed by atoms with Gasteiger partial charge in [-0.05, 0) is 36.1 Å². The van der Waals surface area contributed by atoms with E-state index >= 15 is 0 Å². The average Bonchev–Trinajstić information content (AvgIpc) is 3.13. The number of ether oxygens (including phenoxy) is 1. The highest BCUT2D eigenvalue weighted by Gasteiger charge is 2.21. The Morgan fingerprint density at radius 3 is 2.77 bits per heavy atom. The monoisotopic (exact) mass is 422 g/mol. The number of phenolic OH excluding ortho intramolecular Hbond substituents is 1. The van der Waals surface area contributed by atoms with Crippen LogP contribution in [0.15, 0.2) is 36.4 Å². The molecule has 0 atom stereocenters. The maximum atomic E-state index is 13.3. The SMILES string of the molecule is CC(C)Cc1n[nH]c2cc(O)c(C(=O)N(C)c3cccc(CN4CCOCC4)c3)cc12. The Bertz CT molecular complexity index is 1070. The first-order chi connectivity index (χ1) is 14.9. The zero-order chi connectivity index (χ0) is 22.0. The minimum absolute atomic E-state index is 0.0476. The van der Waals surface area contributed by atoms with Crippen molar-refractivity contribution in [2.24, 2.45) is 5.92 Å². The van der Waals surface area contributed by atoms with Gasteiger partial charge in [0.1, 0.15) is 5.75 Å². The molecule has 1 amide bonds. The van der Waals surface area contributed by atoms with Gasteiger partial charge >= 0.3 is 0 Å². The lowest BCUT2D eigenvalue weighted by atomic mass is 10.0. The van der Waals surface area contributed by atoms with Crippen LogP contribution in [0.25, 0.3) is 10.9 Å². The zero-order valence-electron chi connectivity index (χ0n) is 18.4. The quantitative estimate of drug-likeness (QED) is 0.635. The Balaban J connectivity index is 1.58. The highest BCUT2D eigenvalue weighted by atomic mass is 16.5. The molecule has 0 saturated carbocycles. The van der Waals surface area contributed by atoms with Gasteiger partial charge in [0, 0.05) is 43.8 Å². The largest absolute Gasteiger partial charge is 0.507 e. The van der Waals surface area contributed by atoms with Crippen molar-refractivity contribution in [1.29, 1.82) is 0 Å². The summed E-state index contributed by atoms with van der Waals surface area (Å²) in [6.07, 6.45) is 0.803. The highest BCUT2D eigenvalue weighted by Crippen LogP contribution is 2.29. The average molecular weight is 423 g/mol. The molecule has 1 aliphatic heterocycles. The molecule has 164 valence electrons. The van der Waals surface area contributed by atoms with E-state index in [0.29, 0.717) is 5.92 Å². The number of aromatic amines is 1. The number of benzene rings is 2. The van der Waals surface area contributed by atoms with Crippen molar-refractivity contribution >= 4 is 22.5 Å². The molecule has 7 nitrogen and oxygen atoms in total. The van der Waals surface area contributed by atoms with Crippen molar-refractivity contribution in [2.45, 2.75) is 26.8 Å². The molecule has 2 heterocycles. The molecule has 2 aromatic carbocycles. The molecule has 0 bridgehead atoms. The third-order valence-electron chi connectivity index (χ3n) is 5.70. The summed E-state index contributed by atoms with van der Waals surface area (Å²) in [7, 11) is 1.74. The predicted octanol–water partition coefficient (Wildman–Crippen LogP) is 3.58. The van der Waals surface area contributed by atoms with Crippen molar-refractivity contribution in [1.82, 2.24) is 15.1 Å². The van der Waals surface area contributed by atoms with Crippen molar-refractivity contribution in [3.05, 3.63) is 53.2 Å². The van der Waals surface area contributed by atoms with Gasteiger partial charge in [-0.1, -0.05) is 26.0 Å². The summed E-state index contributed by atoms with van der Waals surface area (Å²) in [6, 6.07) is 11.3. The van der Waals surface area contributed by atoms with E-state index in [-0.39, 0.29) is 17.2 Å². The molecule has 1 fully saturated rings. The van der Waals surface area contributed by atoms with Crippen molar-refractivity contribution in [3.63, 3.8) is 0 Å². The van der Waals surface area contributed by atoms with Crippen LogP contribution in [0, 0.1) is 5.92 Å². The number of nitrogens with one attached hydrogen (secondary N) is 1. The Morgan fingerprint density at radius 2 is 2.03 bits per heavy atom. The van der Waals surface area contributed by atoms with Gasteiger partial charge in [0.2, 0.25) is 0 Å². The lowest BCUT2D eigenvalue weighted by Crippen LogP contribution is -2.35. The number of aromatic nitrogens is 2. The van der Waals surface area contributed by atoms with Crippen LogP contribution in [0.3, 0.4) is 0 Å². The summed E-state index contributed by atoms with van der Waals surface area (Å²) in [5.74, 6) is 0.143. The molecule has 0 spiro atoms. The minimum atomic E-state index is -0.250. The van der Waals surface area contributed by atoms with E-state index in [1.807, 2.05) is 18.2 Å². The van der Waals surface area contributed by atoms with E-state index in [1.165, 1.54) is 0 Å². The van der Waals surface area contributed by atoms with Crippen LogP contribution in [0.5, 0.6) is 5.75 Å². The molecule has 7 heteroatoms. The Labute approximate surface area is 182 Å². The molecule has 31 heavy (non-hydrogen) atoms. The zero-order valence-corrected chi connectivity index (χ0v) is 18.4. The topological polar surface area (TPSA) is 81.7 Å². The second-order valence-electron chi connectivity index (χ2n) is 8.61. The number of hydrogen-bond acceptors (Lipinski definition) is 5. The molecule has 3 aromatic rings. The van der Waals surface area contributed by atoms with Gasteiger partial charge in [-0.2, -0.15) is 5.10 Å². The van der Waals surface area contributed by atoms with E-state index in [4.69, 9.17) is 4.74 Å². The third kappa shape index (κ3) is 4.73. The van der Waals surface area contributed by atoms with Crippen LogP contribution in [-0.2, 0) is 17.7 Å². The summed E-state index contributed by atoms with van der Waals surface area (Å²) in [6.45, 7) is 8.42. The molecule has 0 radical (unpaired) electrons. The van der Waals surface area contributed by atoms with Gasteiger partial charge < -0.3 is 14.7 Å². The van der Waals surface area contributed by atoms with E-state index < -0.39 is 0 Å². The number of hydrogen-bond donors (Lipinski definition) is 2. The molecule has 1 aliphatic rings. The number of nitrogens with zero attached hydrogens (tertiary/aromatic N) is 3. The molecule has 1 aromatic heterocycles. The van der Waals surface area contributed by atoms with Gasteiger partial charge in [-0.15, -0.1) is 0 Å². The normalized spacial score (nSPS) is 15.0. The molecule has 1 saturated heterocycles. The summed E-state index contributed by atoms with van der Waals surface area (Å²) in [4.78, 5) is 17.2. The van der Waals surface area contributed by atoms with Gasteiger partial charge in [0.15, 0.2) is 0 Å². The molecule has 0 aliphatic carbocycles. The van der Waals surface area contributed by atoms with Crippen molar-refractivity contribution in [2.75, 3.05) is 38.3 Å². The van der Waals surface area contributed by atoms with Crippen molar-refractivity contribution in [3.8, 4) is 5.75 Å². The van der Waals surface area contributed by atoms with E-state index in [9.17, 15) is 9.90 Å². The number of anilines is 1. The van der Waals surface area contributed by atoms with Crippen LogP contribution in [-0.4, -0.2) is 59.5 Å². The standard InChI is InChI=1S/C24H30N4O3/c1-16(2)11-21-19-13-20(23(29)14-22(19)26-25-21)24(30)27(3)18-6-4-5-17(12-18)15-28-7-9-31-10-8-28/h4-6,12-14,16,29H,7-11,15H2,1-3H3,(H,25,26). The molecular formula is C24H30N4O3. The van der Waals surface area contributed by atoms with Crippen LogP contribution in [0.1, 0.15) is 35.5 Å². The number of morpholine rings is 1. The number of aromatic hydroxyl groups is 1. The first-order valence-corrected chi connectivity index (χ1v) is 10.8. The summed E-state index contributed by atoms with van der Waals surface area (Å²) >= 11 is 0. The van der Waals surface area contributed by atoms with E-state index in [1.54, 1.807) is 24.1 Å².